The van der Waals surface area contributed by atoms with Gasteiger partial charge in [0.1, 0.15) is 5.69 Å². The number of carbonyl (C=O) groups is 1. The minimum absolute atomic E-state index is 0.251. The molecule has 4 nitrogen and oxygen atoms in total. The lowest BCUT2D eigenvalue weighted by Gasteiger charge is -2.21. The van der Waals surface area contributed by atoms with Gasteiger partial charge in [-0.2, -0.15) is 5.26 Å². The van der Waals surface area contributed by atoms with Crippen LogP contribution in [0, 0.1) is 11.3 Å². The van der Waals surface area contributed by atoms with E-state index in [1.807, 2.05) is 36.4 Å². The molecule has 100 valence electrons. The van der Waals surface area contributed by atoms with Crippen LogP contribution in [-0.2, 0) is 0 Å². The number of benzene rings is 1. The van der Waals surface area contributed by atoms with Crippen LogP contribution >= 0.6 is 11.6 Å². The highest BCUT2D eigenvalue weighted by Crippen LogP contribution is 2.18. The smallest absolute Gasteiger partial charge is 0.276 e. The van der Waals surface area contributed by atoms with E-state index >= 15 is 0 Å². The van der Waals surface area contributed by atoms with E-state index in [1.54, 1.807) is 6.07 Å². The number of pyridine rings is 1. The van der Waals surface area contributed by atoms with Gasteiger partial charge in [0, 0.05) is 23.5 Å². The molecule has 0 saturated heterocycles. The SMILES string of the molecule is N#CCCN(C(=O)c1cc(Cl)ccn1)c1ccccc1. The standard InChI is InChI=1S/C15H12ClN3O/c16-12-7-9-18-14(11-12)15(20)19(10-4-8-17)13-5-2-1-3-6-13/h1-3,5-7,9,11H,4,10H2. The van der Waals surface area contributed by atoms with Crippen LogP contribution in [0.1, 0.15) is 16.9 Å². The molecule has 2 rings (SSSR count). The number of hydrogen-bond acceptors (Lipinski definition) is 3. The van der Waals surface area contributed by atoms with Crippen molar-refractivity contribution in [3.8, 4) is 6.07 Å². The first-order valence-electron chi connectivity index (χ1n) is 6.08. The fourth-order valence-electron chi connectivity index (χ4n) is 1.78. The Labute approximate surface area is 122 Å². The molecule has 0 saturated carbocycles. The van der Waals surface area contributed by atoms with Gasteiger partial charge in [0.2, 0.25) is 0 Å². The van der Waals surface area contributed by atoms with Gasteiger partial charge < -0.3 is 4.90 Å². The first-order valence-corrected chi connectivity index (χ1v) is 6.45. The molecule has 0 bridgehead atoms. The average Bonchev–Trinajstić information content (AvgIpc) is 2.48. The summed E-state index contributed by atoms with van der Waals surface area (Å²) in [6, 6.07) is 14.4. The molecule has 20 heavy (non-hydrogen) atoms. The highest BCUT2D eigenvalue weighted by molar-refractivity contribution is 6.31. The van der Waals surface area contributed by atoms with E-state index in [4.69, 9.17) is 16.9 Å². The lowest BCUT2D eigenvalue weighted by atomic mass is 10.2. The number of para-hydroxylation sites is 1. The first-order chi connectivity index (χ1) is 9.72. The molecule has 0 aliphatic carbocycles. The molecule has 0 unspecified atom stereocenters. The Morgan fingerprint density at radius 1 is 1.30 bits per heavy atom. The van der Waals surface area contributed by atoms with Gasteiger partial charge in [0.25, 0.3) is 5.91 Å². The van der Waals surface area contributed by atoms with E-state index in [1.165, 1.54) is 17.2 Å². The second-order valence-electron chi connectivity index (χ2n) is 4.06. The van der Waals surface area contributed by atoms with Crippen LogP contribution in [0.25, 0.3) is 0 Å². The predicted octanol–water partition coefficient (Wildman–Crippen LogP) is 3.30. The Hall–Kier alpha value is -2.38. The zero-order valence-corrected chi connectivity index (χ0v) is 11.4. The van der Waals surface area contributed by atoms with Crippen molar-refractivity contribution in [2.45, 2.75) is 6.42 Å². The normalized spacial score (nSPS) is 9.80. The van der Waals surface area contributed by atoms with Crippen LogP contribution in [0.2, 0.25) is 5.02 Å². The lowest BCUT2D eigenvalue weighted by molar-refractivity contribution is 0.0982. The largest absolute Gasteiger partial charge is 0.306 e. The van der Waals surface area contributed by atoms with Crippen molar-refractivity contribution in [1.82, 2.24) is 4.98 Å². The van der Waals surface area contributed by atoms with Crippen molar-refractivity contribution < 1.29 is 4.79 Å². The molecule has 0 fully saturated rings. The van der Waals surface area contributed by atoms with E-state index < -0.39 is 0 Å². The fraction of sp³-hybridized carbons (Fsp3) is 0.133. The summed E-state index contributed by atoms with van der Waals surface area (Å²) in [5.41, 5.74) is 0.994. The third-order valence-corrected chi connectivity index (χ3v) is 2.94. The van der Waals surface area contributed by atoms with Crippen LogP contribution in [0.15, 0.2) is 48.7 Å². The third kappa shape index (κ3) is 3.34. The van der Waals surface area contributed by atoms with E-state index in [-0.39, 0.29) is 18.0 Å². The summed E-state index contributed by atoms with van der Waals surface area (Å²) in [5, 5.41) is 9.19. The topological polar surface area (TPSA) is 57.0 Å². The Bertz CT molecular complexity index is 637. The summed E-state index contributed by atoms with van der Waals surface area (Å²) in [5.74, 6) is -0.269. The second kappa shape index (κ2) is 6.69. The van der Waals surface area contributed by atoms with Crippen molar-refractivity contribution in [2.75, 3.05) is 11.4 Å². The van der Waals surface area contributed by atoms with E-state index in [2.05, 4.69) is 4.98 Å². The Kier molecular flexibility index (Phi) is 4.70. The minimum Gasteiger partial charge on any atom is -0.306 e. The van der Waals surface area contributed by atoms with Gasteiger partial charge in [0.05, 0.1) is 12.5 Å². The van der Waals surface area contributed by atoms with E-state index in [0.29, 0.717) is 11.6 Å². The van der Waals surface area contributed by atoms with Crippen LogP contribution in [-0.4, -0.2) is 17.4 Å². The molecule has 0 aliphatic heterocycles. The van der Waals surface area contributed by atoms with Crippen molar-refractivity contribution in [2.24, 2.45) is 0 Å². The monoisotopic (exact) mass is 285 g/mol. The Morgan fingerprint density at radius 2 is 2.05 bits per heavy atom. The van der Waals surface area contributed by atoms with Gasteiger partial charge in [0.15, 0.2) is 0 Å². The van der Waals surface area contributed by atoms with Crippen LogP contribution < -0.4 is 4.90 Å². The zero-order chi connectivity index (χ0) is 14.4. The van der Waals surface area contributed by atoms with E-state index in [9.17, 15) is 4.79 Å². The summed E-state index contributed by atoms with van der Waals surface area (Å²) in [4.78, 5) is 18.1. The fourth-order valence-corrected chi connectivity index (χ4v) is 1.94. The number of halogens is 1. The van der Waals surface area contributed by atoms with Gasteiger partial charge in [-0.25, -0.2) is 0 Å². The summed E-state index contributed by atoms with van der Waals surface area (Å²) >= 11 is 5.88. The molecule has 2 aromatic rings. The average molecular weight is 286 g/mol. The van der Waals surface area contributed by atoms with Crippen LogP contribution in [0.4, 0.5) is 5.69 Å². The van der Waals surface area contributed by atoms with Crippen molar-refractivity contribution in [1.29, 1.82) is 5.26 Å². The van der Waals surface area contributed by atoms with Gasteiger partial charge in [-0.3, -0.25) is 9.78 Å². The first kappa shape index (κ1) is 14.0. The van der Waals surface area contributed by atoms with Gasteiger partial charge in [-0.05, 0) is 24.3 Å². The molecular weight excluding hydrogens is 274 g/mol. The molecular formula is C15H12ClN3O. The number of nitrogens with zero attached hydrogens (tertiary/aromatic N) is 3. The molecule has 0 spiro atoms. The number of aromatic nitrogens is 1. The third-order valence-electron chi connectivity index (χ3n) is 2.70. The van der Waals surface area contributed by atoms with Crippen molar-refractivity contribution in [3.63, 3.8) is 0 Å². The highest BCUT2D eigenvalue weighted by Gasteiger charge is 2.18. The maximum atomic E-state index is 12.5. The van der Waals surface area contributed by atoms with Crippen molar-refractivity contribution >= 4 is 23.2 Å². The molecule has 0 atom stereocenters. The molecule has 5 heteroatoms. The van der Waals surface area contributed by atoms with Gasteiger partial charge in [-0.15, -0.1) is 0 Å². The number of anilines is 1. The second-order valence-corrected chi connectivity index (χ2v) is 4.50. The summed E-state index contributed by atoms with van der Waals surface area (Å²) < 4.78 is 0. The van der Waals surface area contributed by atoms with E-state index in [0.717, 1.165) is 5.69 Å². The van der Waals surface area contributed by atoms with Crippen LogP contribution in [0.5, 0.6) is 0 Å². The highest BCUT2D eigenvalue weighted by atomic mass is 35.5. The number of amides is 1. The number of carbonyl (C=O) groups excluding carboxylic acids is 1. The minimum atomic E-state index is -0.269. The van der Waals surface area contributed by atoms with Crippen LogP contribution in [0.3, 0.4) is 0 Å². The molecule has 1 amide bonds. The number of nitriles is 1. The zero-order valence-electron chi connectivity index (χ0n) is 10.7. The molecule has 0 radical (unpaired) electrons. The number of rotatable bonds is 4. The molecule has 0 aliphatic rings. The van der Waals surface area contributed by atoms with Crippen molar-refractivity contribution in [3.05, 3.63) is 59.4 Å². The summed E-state index contributed by atoms with van der Waals surface area (Å²) in [7, 11) is 0. The summed E-state index contributed by atoms with van der Waals surface area (Å²) in [6.45, 7) is 0.313. The predicted molar refractivity (Wildman–Crippen MR) is 77.6 cm³/mol. The quantitative estimate of drug-likeness (QED) is 0.866. The molecule has 1 aromatic carbocycles. The molecule has 1 heterocycles. The Balaban J connectivity index is 2.32. The maximum absolute atomic E-state index is 12.5. The maximum Gasteiger partial charge on any atom is 0.276 e. The van der Waals surface area contributed by atoms with Gasteiger partial charge >= 0.3 is 0 Å². The lowest BCUT2D eigenvalue weighted by Crippen LogP contribution is -2.32. The number of hydrogen-bond donors (Lipinski definition) is 0. The Morgan fingerprint density at radius 3 is 2.70 bits per heavy atom. The summed E-state index contributed by atoms with van der Waals surface area (Å²) in [6.07, 6.45) is 1.74. The molecule has 0 N–H and O–H groups in total. The van der Waals surface area contributed by atoms with Gasteiger partial charge in [-0.1, -0.05) is 29.8 Å². The molecule has 1 aromatic heterocycles.